The number of nitrogens with zero attached hydrogens (tertiary/aromatic N) is 3. The number of carbonyl (C=O) groups excluding carboxylic acids is 1. The van der Waals surface area contributed by atoms with E-state index in [1.54, 1.807) is 50.2 Å². The van der Waals surface area contributed by atoms with Crippen molar-refractivity contribution in [1.82, 2.24) is 14.5 Å². The molecule has 0 radical (unpaired) electrons. The maximum Gasteiger partial charge on any atom is 0.254 e. The zero-order valence-corrected chi connectivity index (χ0v) is 17.4. The first-order chi connectivity index (χ1) is 14.5. The number of amides is 1. The highest BCUT2D eigenvalue weighted by atomic mass is 16.5. The van der Waals surface area contributed by atoms with E-state index in [1.165, 1.54) is 10.6 Å². The minimum Gasteiger partial charge on any atom is -0.497 e. The Labute approximate surface area is 175 Å². The topological polar surface area (TPSA) is 73.7 Å². The molecule has 0 fully saturated rings. The van der Waals surface area contributed by atoms with E-state index >= 15 is 0 Å². The first-order valence-corrected chi connectivity index (χ1v) is 9.58. The van der Waals surface area contributed by atoms with Crippen LogP contribution in [-0.4, -0.2) is 34.5 Å². The average Bonchev–Trinajstić information content (AvgIpc) is 2.75. The van der Waals surface area contributed by atoms with Gasteiger partial charge in [-0.05, 0) is 36.8 Å². The van der Waals surface area contributed by atoms with Gasteiger partial charge in [-0.2, -0.15) is 0 Å². The Balaban J connectivity index is 1.73. The van der Waals surface area contributed by atoms with Crippen LogP contribution in [0.2, 0.25) is 0 Å². The highest BCUT2D eigenvalue weighted by Crippen LogP contribution is 2.18. The summed E-state index contributed by atoms with van der Waals surface area (Å²) in [5.74, 6) is 1.56. The van der Waals surface area contributed by atoms with Gasteiger partial charge in [-0.25, -0.2) is 4.98 Å². The molecule has 3 aromatic rings. The van der Waals surface area contributed by atoms with Gasteiger partial charge in [-0.1, -0.05) is 30.3 Å². The molecule has 7 heteroatoms. The number of carbonyl (C=O) groups is 1. The van der Waals surface area contributed by atoms with Gasteiger partial charge >= 0.3 is 0 Å². The summed E-state index contributed by atoms with van der Waals surface area (Å²) in [5.41, 5.74) is 1.32. The monoisotopic (exact) mass is 407 g/mol. The van der Waals surface area contributed by atoms with E-state index in [0.29, 0.717) is 23.8 Å². The fraction of sp³-hybridized carbons (Fsp3) is 0.261. The van der Waals surface area contributed by atoms with Gasteiger partial charge < -0.3 is 14.4 Å². The van der Waals surface area contributed by atoms with Gasteiger partial charge in [-0.3, -0.25) is 14.2 Å². The first kappa shape index (κ1) is 21.1. The third-order valence-corrected chi connectivity index (χ3v) is 4.62. The number of likely N-dealkylation sites (N-methyl/N-ethyl adjacent to an activating group) is 1. The molecular formula is C23H25N3O4. The van der Waals surface area contributed by atoms with Crippen molar-refractivity contribution < 1.29 is 14.3 Å². The van der Waals surface area contributed by atoms with Gasteiger partial charge in [0.1, 0.15) is 30.5 Å². The molecule has 3 rings (SSSR count). The number of hydrogen-bond acceptors (Lipinski definition) is 5. The second-order valence-electron chi connectivity index (χ2n) is 6.94. The molecule has 0 spiro atoms. The van der Waals surface area contributed by atoms with Gasteiger partial charge in [0.2, 0.25) is 5.91 Å². The van der Waals surface area contributed by atoms with Crippen LogP contribution in [0.4, 0.5) is 0 Å². The molecular weight excluding hydrogens is 382 g/mol. The van der Waals surface area contributed by atoms with Gasteiger partial charge in [0.25, 0.3) is 5.56 Å². The van der Waals surface area contributed by atoms with Crippen LogP contribution in [-0.2, 0) is 24.5 Å². The smallest absolute Gasteiger partial charge is 0.254 e. The van der Waals surface area contributed by atoms with Crippen LogP contribution in [0.1, 0.15) is 17.1 Å². The number of ether oxygens (including phenoxy) is 2. The first-order valence-electron chi connectivity index (χ1n) is 9.58. The van der Waals surface area contributed by atoms with Gasteiger partial charge in [0, 0.05) is 25.4 Å². The zero-order chi connectivity index (χ0) is 21.5. The van der Waals surface area contributed by atoms with Crippen LogP contribution < -0.4 is 15.0 Å². The quantitative estimate of drug-likeness (QED) is 0.574. The summed E-state index contributed by atoms with van der Waals surface area (Å²) in [6.07, 6.45) is 0. The summed E-state index contributed by atoms with van der Waals surface area (Å²) >= 11 is 0. The van der Waals surface area contributed by atoms with Crippen molar-refractivity contribution in [3.8, 4) is 11.5 Å². The van der Waals surface area contributed by atoms with Crippen LogP contribution in [0, 0.1) is 6.92 Å². The molecule has 7 nitrogen and oxygen atoms in total. The Morgan fingerprint density at radius 3 is 2.40 bits per heavy atom. The second kappa shape index (κ2) is 9.73. The highest BCUT2D eigenvalue weighted by molar-refractivity contribution is 5.75. The molecule has 30 heavy (non-hydrogen) atoms. The lowest BCUT2D eigenvalue weighted by Gasteiger charge is -2.19. The predicted octanol–water partition coefficient (Wildman–Crippen LogP) is 2.80. The lowest BCUT2D eigenvalue weighted by atomic mass is 10.2. The maximum absolute atomic E-state index is 12.7. The van der Waals surface area contributed by atoms with Crippen molar-refractivity contribution in [2.45, 2.75) is 26.6 Å². The van der Waals surface area contributed by atoms with Crippen molar-refractivity contribution in [2.75, 3.05) is 14.2 Å². The Bertz CT molecular complexity index is 1050. The fourth-order valence-corrected chi connectivity index (χ4v) is 2.98. The number of aryl methyl sites for hydroxylation is 1. The van der Waals surface area contributed by atoms with Crippen LogP contribution in [0.25, 0.3) is 0 Å². The molecule has 0 aliphatic rings. The van der Waals surface area contributed by atoms with Crippen LogP contribution in [0.15, 0.2) is 65.5 Å². The van der Waals surface area contributed by atoms with E-state index in [1.807, 2.05) is 30.3 Å². The molecule has 0 N–H and O–H groups in total. The minimum absolute atomic E-state index is 0.0684. The third kappa shape index (κ3) is 5.47. The summed E-state index contributed by atoms with van der Waals surface area (Å²) in [6, 6.07) is 18.2. The Morgan fingerprint density at radius 2 is 1.73 bits per heavy atom. The number of aromatic nitrogens is 2. The summed E-state index contributed by atoms with van der Waals surface area (Å²) in [5, 5.41) is 0. The lowest BCUT2D eigenvalue weighted by Crippen LogP contribution is -2.35. The Morgan fingerprint density at radius 1 is 1.07 bits per heavy atom. The SMILES string of the molecule is COc1ccc(OCc2nc(C)cc(=O)n2CC(=O)N(C)Cc2ccccc2)cc1. The summed E-state index contributed by atoms with van der Waals surface area (Å²) in [6.45, 7) is 2.17. The van der Waals surface area contributed by atoms with E-state index in [-0.39, 0.29) is 24.6 Å². The predicted molar refractivity (Wildman–Crippen MR) is 113 cm³/mol. The van der Waals surface area contributed by atoms with Crippen LogP contribution >= 0.6 is 0 Å². The maximum atomic E-state index is 12.7. The molecule has 0 saturated heterocycles. The Kier molecular flexibility index (Phi) is 6.85. The number of benzene rings is 2. The van der Waals surface area contributed by atoms with Crippen molar-refractivity contribution in [3.63, 3.8) is 0 Å². The molecule has 1 aromatic heterocycles. The van der Waals surface area contributed by atoms with E-state index < -0.39 is 0 Å². The average molecular weight is 407 g/mol. The zero-order valence-electron chi connectivity index (χ0n) is 17.4. The van der Waals surface area contributed by atoms with E-state index in [4.69, 9.17) is 9.47 Å². The Hall–Kier alpha value is -3.61. The molecule has 0 unspecified atom stereocenters. The standard InChI is InChI=1S/C23H25N3O4/c1-17-13-22(27)26(15-23(28)25(2)14-18-7-5-4-6-8-18)21(24-17)16-30-20-11-9-19(29-3)10-12-20/h4-13H,14-16H2,1-3H3. The molecule has 1 amide bonds. The number of methoxy groups -OCH3 is 1. The molecule has 0 bridgehead atoms. The minimum atomic E-state index is -0.280. The normalized spacial score (nSPS) is 10.5. The molecule has 156 valence electrons. The van der Waals surface area contributed by atoms with E-state index in [9.17, 15) is 9.59 Å². The van der Waals surface area contributed by atoms with E-state index in [2.05, 4.69) is 4.98 Å². The van der Waals surface area contributed by atoms with Crippen molar-refractivity contribution in [3.05, 3.63) is 88.1 Å². The molecule has 2 aromatic carbocycles. The highest BCUT2D eigenvalue weighted by Gasteiger charge is 2.15. The van der Waals surface area contributed by atoms with Gasteiger partial charge in [0.15, 0.2) is 0 Å². The second-order valence-corrected chi connectivity index (χ2v) is 6.94. The number of rotatable bonds is 8. The fourth-order valence-electron chi connectivity index (χ4n) is 2.98. The molecule has 0 saturated carbocycles. The van der Waals surface area contributed by atoms with Crippen molar-refractivity contribution in [2.24, 2.45) is 0 Å². The van der Waals surface area contributed by atoms with Gasteiger partial charge in [-0.15, -0.1) is 0 Å². The summed E-state index contributed by atoms with van der Waals surface area (Å²) in [7, 11) is 3.31. The molecule has 0 aliphatic heterocycles. The number of hydrogen-bond donors (Lipinski definition) is 0. The molecule has 0 atom stereocenters. The van der Waals surface area contributed by atoms with Gasteiger partial charge in [0.05, 0.1) is 7.11 Å². The summed E-state index contributed by atoms with van der Waals surface area (Å²) < 4.78 is 12.3. The van der Waals surface area contributed by atoms with Crippen LogP contribution in [0.3, 0.4) is 0 Å². The lowest BCUT2D eigenvalue weighted by molar-refractivity contribution is -0.131. The van der Waals surface area contributed by atoms with E-state index in [0.717, 1.165) is 11.3 Å². The molecule has 0 aliphatic carbocycles. The largest absolute Gasteiger partial charge is 0.497 e. The molecule has 1 heterocycles. The van der Waals surface area contributed by atoms with Crippen LogP contribution in [0.5, 0.6) is 11.5 Å². The third-order valence-electron chi connectivity index (χ3n) is 4.62. The summed E-state index contributed by atoms with van der Waals surface area (Å²) in [4.78, 5) is 31.3. The van der Waals surface area contributed by atoms with Crippen molar-refractivity contribution in [1.29, 1.82) is 0 Å². The van der Waals surface area contributed by atoms with Crippen molar-refractivity contribution >= 4 is 5.91 Å².